The van der Waals surface area contributed by atoms with Gasteiger partial charge < -0.3 is 10.0 Å². The summed E-state index contributed by atoms with van der Waals surface area (Å²) in [5, 5.41) is 7.35. The molecule has 1 rings (SSSR count). The van der Waals surface area contributed by atoms with E-state index in [4.69, 9.17) is 5.11 Å². The molecular formula is C11H19NO5S. The van der Waals surface area contributed by atoms with Gasteiger partial charge in [0.25, 0.3) is 0 Å². The van der Waals surface area contributed by atoms with Crippen molar-refractivity contribution in [2.45, 2.75) is 44.4 Å². The molecule has 0 aromatic heterocycles. The molecule has 0 spiro atoms. The van der Waals surface area contributed by atoms with Crippen LogP contribution in [-0.2, 0) is 19.4 Å². The molecule has 104 valence electrons. The van der Waals surface area contributed by atoms with E-state index in [1.165, 1.54) is 11.8 Å². The molecule has 0 aromatic carbocycles. The molecule has 0 aromatic rings. The van der Waals surface area contributed by atoms with E-state index >= 15 is 0 Å². The first-order valence-corrected chi connectivity index (χ1v) is 7.78. The van der Waals surface area contributed by atoms with E-state index in [1.807, 2.05) is 0 Å². The number of amides is 1. The maximum absolute atomic E-state index is 11.9. The van der Waals surface area contributed by atoms with Crippen LogP contribution in [0.4, 0.5) is 0 Å². The first-order valence-electron chi connectivity index (χ1n) is 6.07. The lowest BCUT2D eigenvalue weighted by Crippen LogP contribution is -2.41. The van der Waals surface area contributed by atoms with Gasteiger partial charge in [-0.05, 0) is 26.2 Å². The molecule has 1 saturated carbocycles. The zero-order chi connectivity index (χ0) is 13.9. The molecule has 1 N–H and O–H groups in total. The number of hydrogen-bond donors (Lipinski definition) is 1. The van der Waals surface area contributed by atoms with Gasteiger partial charge in [0, 0.05) is 12.6 Å². The minimum absolute atomic E-state index is 0.0273. The van der Waals surface area contributed by atoms with Crippen molar-refractivity contribution in [2.75, 3.05) is 12.3 Å². The second-order valence-electron chi connectivity index (χ2n) is 4.45. The fourth-order valence-corrected chi connectivity index (χ4v) is 3.49. The third-order valence-electron chi connectivity index (χ3n) is 3.05. The molecule has 1 amide bonds. The molecule has 18 heavy (non-hydrogen) atoms. The van der Waals surface area contributed by atoms with Gasteiger partial charge in [-0.1, -0.05) is 6.92 Å². The second-order valence-corrected chi connectivity index (χ2v) is 6.64. The molecule has 1 unspecified atom stereocenters. The first-order chi connectivity index (χ1) is 8.33. The monoisotopic (exact) mass is 277 g/mol. The van der Waals surface area contributed by atoms with E-state index < -0.39 is 32.7 Å². The normalized spacial score (nSPS) is 17.2. The summed E-state index contributed by atoms with van der Waals surface area (Å²) in [7, 11) is -3.92. The van der Waals surface area contributed by atoms with Crippen LogP contribution < -0.4 is 0 Å². The highest BCUT2D eigenvalue weighted by Gasteiger charge is 2.37. The molecule has 0 saturated heterocycles. The number of rotatable bonds is 7. The fourth-order valence-electron chi connectivity index (χ4n) is 1.96. The summed E-state index contributed by atoms with van der Waals surface area (Å²) < 4.78 is 23.7. The highest BCUT2D eigenvalue weighted by molar-refractivity contribution is 7.93. The van der Waals surface area contributed by atoms with Crippen LogP contribution in [0.3, 0.4) is 0 Å². The van der Waals surface area contributed by atoms with Crippen LogP contribution in [-0.4, -0.2) is 53.9 Å². The zero-order valence-electron chi connectivity index (χ0n) is 10.6. The minimum atomic E-state index is -3.92. The van der Waals surface area contributed by atoms with Crippen LogP contribution >= 0.6 is 0 Å². The van der Waals surface area contributed by atoms with Crippen molar-refractivity contribution in [2.24, 2.45) is 0 Å². The molecule has 1 aliphatic rings. The summed E-state index contributed by atoms with van der Waals surface area (Å²) in [5.41, 5.74) is 0. The number of carbonyl (C=O) groups excluding carboxylic acids is 1. The van der Waals surface area contributed by atoms with Gasteiger partial charge in [0.05, 0.1) is 0 Å². The highest BCUT2D eigenvalue weighted by atomic mass is 32.2. The average molecular weight is 277 g/mol. The van der Waals surface area contributed by atoms with Crippen molar-refractivity contribution in [1.29, 1.82) is 0 Å². The van der Waals surface area contributed by atoms with Gasteiger partial charge in [-0.3, -0.25) is 9.59 Å². The first kappa shape index (κ1) is 14.9. The van der Waals surface area contributed by atoms with Crippen molar-refractivity contribution < 1.29 is 23.1 Å². The molecule has 6 nitrogen and oxygen atoms in total. The summed E-state index contributed by atoms with van der Waals surface area (Å²) in [6.07, 6.45) is 1.77. The summed E-state index contributed by atoms with van der Waals surface area (Å²) in [6, 6.07) is 0.141. The van der Waals surface area contributed by atoms with Crippen LogP contribution in [0.1, 0.15) is 33.1 Å². The Morgan fingerprint density at radius 3 is 2.22 bits per heavy atom. The van der Waals surface area contributed by atoms with Crippen molar-refractivity contribution >= 4 is 21.7 Å². The van der Waals surface area contributed by atoms with E-state index in [0.717, 1.165) is 12.8 Å². The lowest BCUT2D eigenvalue weighted by molar-refractivity contribution is -0.136. The van der Waals surface area contributed by atoms with Gasteiger partial charge >= 0.3 is 5.97 Å². The molecule has 7 heteroatoms. The van der Waals surface area contributed by atoms with E-state index in [-0.39, 0.29) is 12.5 Å². The topological polar surface area (TPSA) is 91.7 Å². The van der Waals surface area contributed by atoms with Crippen LogP contribution in [0.2, 0.25) is 0 Å². The van der Waals surface area contributed by atoms with Crippen molar-refractivity contribution in [1.82, 2.24) is 4.90 Å². The standard InChI is InChI=1S/C11H19NO5S/c1-3-9(11(14)15)18(16,17)7-10(13)12(4-2)8-5-6-8/h8-9H,3-7H2,1-2H3,(H,14,15). The predicted octanol–water partition coefficient (Wildman–Crippen LogP) is 0.275. The molecule has 0 aliphatic heterocycles. The Balaban J connectivity index is 2.75. The molecule has 1 atom stereocenters. The average Bonchev–Trinajstić information content (AvgIpc) is 3.01. The lowest BCUT2D eigenvalue weighted by atomic mass is 10.3. The maximum atomic E-state index is 11.9. The lowest BCUT2D eigenvalue weighted by Gasteiger charge is -2.21. The smallest absolute Gasteiger partial charge is 0.321 e. The van der Waals surface area contributed by atoms with Gasteiger partial charge in [-0.25, -0.2) is 8.42 Å². The minimum Gasteiger partial charge on any atom is -0.480 e. The number of sulfone groups is 1. The van der Waals surface area contributed by atoms with E-state index in [0.29, 0.717) is 6.54 Å². The predicted molar refractivity (Wildman–Crippen MR) is 65.9 cm³/mol. The number of hydrogen-bond acceptors (Lipinski definition) is 4. The molecule has 1 fully saturated rings. The van der Waals surface area contributed by atoms with Crippen LogP contribution in [0.15, 0.2) is 0 Å². The van der Waals surface area contributed by atoms with Gasteiger partial charge in [-0.2, -0.15) is 0 Å². The number of nitrogens with zero attached hydrogens (tertiary/aromatic N) is 1. The number of carboxylic acids is 1. The number of carbonyl (C=O) groups is 2. The van der Waals surface area contributed by atoms with Gasteiger partial charge in [0.15, 0.2) is 15.1 Å². The molecule has 1 aliphatic carbocycles. The summed E-state index contributed by atoms with van der Waals surface area (Å²) in [5.74, 6) is -2.58. The van der Waals surface area contributed by atoms with Gasteiger partial charge in [0.2, 0.25) is 5.91 Å². The third kappa shape index (κ3) is 3.44. The third-order valence-corrected chi connectivity index (χ3v) is 5.10. The van der Waals surface area contributed by atoms with E-state index in [2.05, 4.69) is 0 Å². The van der Waals surface area contributed by atoms with Gasteiger partial charge in [-0.15, -0.1) is 0 Å². The Hall–Kier alpha value is -1.11. The van der Waals surface area contributed by atoms with Crippen molar-refractivity contribution in [3.05, 3.63) is 0 Å². The van der Waals surface area contributed by atoms with Crippen LogP contribution in [0.5, 0.6) is 0 Å². The van der Waals surface area contributed by atoms with Gasteiger partial charge in [0.1, 0.15) is 5.75 Å². The van der Waals surface area contributed by atoms with E-state index in [1.54, 1.807) is 6.92 Å². The highest BCUT2D eigenvalue weighted by Crippen LogP contribution is 2.27. The van der Waals surface area contributed by atoms with E-state index in [9.17, 15) is 18.0 Å². The van der Waals surface area contributed by atoms with Crippen LogP contribution in [0.25, 0.3) is 0 Å². The summed E-state index contributed by atoms with van der Waals surface area (Å²) in [6.45, 7) is 3.74. The molecule has 0 radical (unpaired) electrons. The molecule has 0 bridgehead atoms. The Morgan fingerprint density at radius 2 is 1.89 bits per heavy atom. The largest absolute Gasteiger partial charge is 0.480 e. The SMILES string of the molecule is CCC(C(=O)O)S(=O)(=O)CC(=O)N(CC)C1CC1. The summed E-state index contributed by atoms with van der Waals surface area (Å²) in [4.78, 5) is 24.2. The zero-order valence-corrected chi connectivity index (χ0v) is 11.4. The Kier molecular flexibility index (Phi) is 4.72. The Bertz CT molecular complexity index is 427. The fraction of sp³-hybridized carbons (Fsp3) is 0.818. The molecular weight excluding hydrogens is 258 g/mol. The number of aliphatic carboxylic acids is 1. The maximum Gasteiger partial charge on any atom is 0.321 e. The Labute approximate surface area is 107 Å². The van der Waals surface area contributed by atoms with Crippen molar-refractivity contribution in [3.63, 3.8) is 0 Å². The second kappa shape index (κ2) is 5.69. The Morgan fingerprint density at radius 1 is 1.33 bits per heavy atom. The van der Waals surface area contributed by atoms with Crippen LogP contribution in [0, 0.1) is 0 Å². The number of carboxylic acid groups (broad SMARTS) is 1. The quantitative estimate of drug-likeness (QED) is 0.721. The summed E-state index contributed by atoms with van der Waals surface area (Å²) >= 11 is 0. The molecule has 0 heterocycles. The van der Waals surface area contributed by atoms with Crippen molar-refractivity contribution in [3.8, 4) is 0 Å².